The van der Waals surface area contributed by atoms with E-state index in [4.69, 9.17) is 0 Å². The second-order valence-electron chi connectivity index (χ2n) is 6.75. The molecule has 1 heterocycles. The molecule has 0 spiro atoms. The van der Waals surface area contributed by atoms with Crippen LogP contribution in [0.1, 0.15) is 43.7 Å². The van der Waals surface area contributed by atoms with E-state index in [1.165, 1.54) is 30.4 Å². The zero-order valence-electron chi connectivity index (χ0n) is 13.1. The van der Waals surface area contributed by atoms with E-state index in [0.29, 0.717) is 17.8 Å². The minimum absolute atomic E-state index is 0.666. The highest BCUT2D eigenvalue weighted by atomic mass is 14.6. The van der Waals surface area contributed by atoms with Gasteiger partial charge in [-0.15, -0.1) is 0 Å². The van der Waals surface area contributed by atoms with Crippen LogP contribution in [0.5, 0.6) is 0 Å². The molecule has 2 atom stereocenters. The average molecular weight is 279 g/mol. The van der Waals surface area contributed by atoms with Gasteiger partial charge in [0.1, 0.15) is 0 Å². The number of hydrogen-bond donors (Lipinski definition) is 0. The van der Waals surface area contributed by atoms with Gasteiger partial charge in [-0.25, -0.2) is 0 Å². The van der Waals surface area contributed by atoms with Crippen molar-refractivity contribution in [2.45, 2.75) is 39.0 Å². The Labute approximate surface area is 128 Å². The molecule has 0 N–H and O–H groups in total. The fourth-order valence-corrected chi connectivity index (χ4v) is 3.56. The van der Waals surface area contributed by atoms with Crippen molar-refractivity contribution in [1.82, 2.24) is 4.98 Å². The molecule has 110 valence electrons. The van der Waals surface area contributed by atoms with Crippen molar-refractivity contribution in [3.8, 4) is 0 Å². The van der Waals surface area contributed by atoms with Crippen LogP contribution in [0.4, 0.5) is 0 Å². The highest BCUT2D eigenvalue weighted by Crippen LogP contribution is 2.49. The number of rotatable bonds is 6. The summed E-state index contributed by atoms with van der Waals surface area (Å²) < 4.78 is 0. The van der Waals surface area contributed by atoms with Crippen molar-refractivity contribution in [2.24, 2.45) is 17.8 Å². The summed E-state index contributed by atoms with van der Waals surface area (Å²) in [5.41, 5.74) is 2.90. The molecule has 0 saturated heterocycles. The summed E-state index contributed by atoms with van der Waals surface area (Å²) in [5, 5.41) is 0. The molecule has 1 aliphatic rings. The number of hydrogen-bond acceptors (Lipinski definition) is 1. The predicted octanol–water partition coefficient (Wildman–Crippen LogP) is 5.09. The molecule has 0 amide bonds. The van der Waals surface area contributed by atoms with Crippen molar-refractivity contribution in [1.29, 1.82) is 0 Å². The number of aromatic nitrogens is 1. The Hall–Kier alpha value is -1.63. The molecule has 1 aliphatic carbocycles. The number of nitrogens with zero attached hydrogens (tertiary/aromatic N) is 1. The fraction of sp³-hybridized carbons (Fsp3) is 0.450. The first-order valence-electron chi connectivity index (χ1n) is 8.19. The van der Waals surface area contributed by atoms with Gasteiger partial charge >= 0.3 is 0 Å². The fourth-order valence-electron chi connectivity index (χ4n) is 3.56. The van der Waals surface area contributed by atoms with Gasteiger partial charge in [-0.2, -0.15) is 0 Å². The van der Waals surface area contributed by atoms with Gasteiger partial charge in [0.05, 0.1) is 0 Å². The van der Waals surface area contributed by atoms with E-state index in [2.05, 4.69) is 67.5 Å². The third-order valence-electron chi connectivity index (χ3n) is 4.83. The zero-order valence-corrected chi connectivity index (χ0v) is 13.1. The molecule has 21 heavy (non-hydrogen) atoms. The molecule has 3 rings (SSSR count). The molecule has 1 aromatic carbocycles. The van der Waals surface area contributed by atoms with Crippen LogP contribution in [0.25, 0.3) is 0 Å². The van der Waals surface area contributed by atoms with Gasteiger partial charge in [0, 0.05) is 12.4 Å². The Bertz CT molecular complexity index is 543. The third kappa shape index (κ3) is 3.53. The van der Waals surface area contributed by atoms with Crippen LogP contribution in [0, 0.1) is 17.8 Å². The Morgan fingerprint density at radius 2 is 1.81 bits per heavy atom. The Balaban J connectivity index is 1.87. The first-order chi connectivity index (χ1) is 10.3. The Morgan fingerprint density at radius 1 is 1.05 bits per heavy atom. The molecule has 2 aromatic rings. The first-order valence-corrected chi connectivity index (χ1v) is 8.19. The maximum Gasteiger partial charge on any atom is 0.0302 e. The van der Waals surface area contributed by atoms with Gasteiger partial charge in [0.2, 0.25) is 0 Å². The van der Waals surface area contributed by atoms with Crippen LogP contribution in [0.15, 0.2) is 54.9 Å². The van der Waals surface area contributed by atoms with E-state index in [1.54, 1.807) is 0 Å². The van der Waals surface area contributed by atoms with Crippen LogP contribution in [0.2, 0.25) is 0 Å². The number of pyridine rings is 1. The zero-order chi connectivity index (χ0) is 14.7. The molecule has 0 radical (unpaired) electrons. The van der Waals surface area contributed by atoms with Crippen LogP contribution < -0.4 is 0 Å². The summed E-state index contributed by atoms with van der Waals surface area (Å²) >= 11 is 0. The van der Waals surface area contributed by atoms with E-state index in [-0.39, 0.29) is 0 Å². The molecular weight excluding hydrogens is 254 g/mol. The van der Waals surface area contributed by atoms with E-state index in [0.717, 1.165) is 5.92 Å². The Kier molecular flexibility index (Phi) is 4.38. The van der Waals surface area contributed by atoms with E-state index in [1.807, 2.05) is 6.20 Å². The monoisotopic (exact) mass is 279 g/mol. The van der Waals surface area contributed by atoms with Crippen LogP contribution in [-0.2, 0) is 6.42 Å². The lowest BCUT2D eigenvalue weighted by molar-refractivity contribution is 0.292. The minimum atomic E-state index is 0.666. The molecule has 0 bridgehead atoms. The summed E-state index contributed by atoms with van der Waals surface area (Å²) in [7, 11) is 0. The SMILES string of the molecule is CC(C)C(Cc1ccccc1)C(c1cccnc1)C1CC1. The van der Waals surface area contributed by atoms with E-state index < -0.39 is 0 Å². The molecule has 2 unspecified atom stereocenters. The molecule has 1 aromatic heterocycles. The summed E-state index contributed by atoms with van der Waals surface area (Å²) in [6, 6.07) is 15.3. The van der Waals surface area contributed by atoms with Crippen LogP contribution >= 0.6 is 0 Å². The van der Waals surface area contributed by atoms with Crippen molar-refractivity contribution < 1.29 is 0 Å². The van der Waals surface area contributed by atoms with E-state index >= 15 is 0 Å². The highest BCUT2D eigenvalue weighted by Gasteiger charge is 2.38. The van der Waals surface area contributed by atoms with Gasteiger partial charge in [-0.1, -0.05) is 50.2 Å². The Morgan fingerprint density at radius 3 is 2.38 bits per heavy atom. The third-order valence-corrected chi connectivity index (χ3v) is 4.83. The van der Waals surface area contributed by atoms with Crippen molar-refractivity contribution in [2.75, 3.05) is 0 Å². The lowest BCUT2D eigenvalue weighted by Crippen LogP contribution is -2.23. The van der Waals surface area contributed by atoms with Gasteiger partial charge in [0.15, 0.2) is 0 Å². The molecule has 0 aliphatic heterocycles. The van der Waals surface area contributed by atoms with Crippen molar-refractivity contribution in [3.63, 3.8) is 0 Å². The van der Waals surface area contributed by atoms with Crippen LogP contribution in [0.3, 0.4) is 0 Å². The summed E-state index contributed by atoms with van der Waals surface area (Å²) in [6.45, 7) is 4.75. The summed E-state index contributed by atoms with van der Waals surface area (Å²) in [4.78, 5) is 4.36. The van der Waals surface area contributed by atoms with Crippen molar-refractivity contribution in [3.05, 3.63) is 66.0 Å². The van der Waals surface area contributed by atoms with Crippen molar-refractivity contribution >= 4 is 0 Å². The predicted molar refractivity (Wildman–Crippen MR) is 88.2 cm³/mol. The normalized spacial score (nSPS) is 17.7. The van der Waals surface area contributed by atoms with Gasteiger partial charge in [0.25, 0.3) is 0 Å². The smallest absolute Gasteiger partial charge is 0.0302 e. The number of benzene rings is 1. The lowest BCUT2D eigenvalue weighted by atomic mass is 9.74. The largest absolute Gasteiger partial charge is 0.264 e. The quantitative estimate of drug-likeness (QED) is 0.717. The maximum atomic E-state index is 4.36. The van der Waals surface area contributed by atoms with E-state index in [9.17, 15) is 0 Å². The molecule has 1 heteroatoms. The highest BCUT2D eigenvalue weighted by molar-refractivity contribution is 5.22. The lowest BCUT2D eigenvalue weighted by Gasteiger charge is -2.31. The topological polar surface area (TPSA) is 12.9 Å². The second-order valence-corrected chi connectivity index (χ2v) is 6.75. The second kappa shape index (κ2) is 6.43. The minimum Gasteiger partial charge on any atom is -0.264 e. The van der Waals surface area contributed by atoms with Crippen LogP contribution in [-0.4, -0.2) is 4.98 Å². The standard InChI is InChI=1S/C20H25N/c1-15(2)19(13-16-7-4-3-5-8-16)20(17-10-11-17)18-9-6-12-21-14-18/h3-9,12,14-15,17,19-20H,10-11,13H2,1-2H3. The van der Waals surface area contributed by atoms with Gasteiger partial charge in [-0.05, 0) is 60.1 Å². The van der Waals surface area contributed by atoms with Gasteiger partial charge < -0.3 is 0 Å². The average Bonchev–Trinajstić information content (AvgIpc) is 3.33. The first kappa shape index (κ1) is 14.3. The summed E-state index contributed by atoms with van der Waals surface area (Å²) in [5.74, 6) is 2.92. The molecule has 1 nitrogen and oxygen atoms in total. The molecule has 1 saturated carbocycles. The molecular formula is C20H25N. The molecule has 1 fully saturated rings. The summed E-state index contributed by atoms with van der Waals surface area (Å²) in [6.07, 6.45) is 7.92. The maximum absolute atomic E-state index is 4.36. The van der Waals surface area contributed by atoms with Gasteiger partial charge in [-0.3, -0.25) is 4.98 Å².